The maximum absolute atomic E-state index is 5.74. The molecule has 1 atom stereocenters. The van der Waals surface area contributed by atoms with E-state index in [1.807, 2.05) is 0 Å². The number of hydrazine groups is 1. The Bertz CT molecular complexity index is 372. The zero-order valence-electron chi connectivity index (χ0n) is 10.4. The Balaban J connectivity index is 2.13. The third-order valence-electron chi connectivity index (χ3n) is 3.93. The lowest BCUT2D eigenvalue weighted by Gasteiger charge is -2.22. The zero-order chi connectivity index (χ0) is 12.3. The number of hydrogen-bond acceptors (Lipinski definition) is 2. The highest BCUT2D eigenvalue weighted by Gasteiger charge is 2.21. The summed E-state index contributed by atoms with van der Waals surface area (Å²) in [6.45, 7) is 2.15. The number of benzene rings is 1. The van der Waals surface area contributed by atoms with Crippen molar-refractivity contribution in [2.75, 3.05) is 0 Å². The van der Waals surface area contributed by atoms with Gasteiger partial charge in [0, 0.05) is 10.5 Å². The molecule has 0 saturated heterocycles. The first kappa shape index (κ1) is 13.1. The molecule has 3 heteroatoms. The summed E-state index contributed by atoms with van der Waals surface area (Å²) in [5.41, 5.74) is 5.62. The Morgan fingerprint density at radius 2 is 2.12 bits per heavy atom. The second kappa shape index (κ2) is 5.98. The smallest absolute Gasteiger partial charge is 0.0465 e. The minimum Gasteiger partial charge on any atom is -0.271 e. The third kappa shape index (κ3) is 3.09. The number of nitrogens with one attached hydrogen (secondary N) is 1. The van der Waals surface area contributed by atoms with Crippen LogP contribution in [-0.4, -0.2) is 0 Å². The predicted molar refractivity (Wildman–Crippen MR) is 75.5 cm³/mol. The van der Waals surface area contributed by atoms with Crippen LogP contribution in [-0.2, 0) is 0 Å². The van der Waals surface area contributed by atoms with Crippen molar-refractivity contribution in [1.82, 2.24) is 5.43 Å². The van der Waals surface area contributed by atoms with E-state index in [0.717, 1.165) is 12.3 Å². The number of halogens is 1. The molecule has 0 heterocycles. The van der Waals surface area contributed by atoms with Crippen LogP contribution >= 0.6 is 15.9 Å². The molecule has 0 spiro atoms. The second-order valence-corrected chi connectivity index (χ2v) is 5.91. The molecule has 1 aliphatic carbocycles. The van der Waals surface area contributed by atoms with Crippen LogP contribution in [0.1, 0.15) is 49.3 Å². The fourth-order valence-electron chi connectivity index (χ4n) is 2.87. The largest absolute Gasteiger partial charge is 0.271 e. The molecule has 1 unspecified atom stereocenters. The van der Waals surface area contributed by atoms with E-state index in [1.165, 1.54) is 41.3 Å². The Labute approximate surface area is 112 Å². The topological polar surface area (TPSA) is 38.0 Å². The summed E-state index contributed by atoms with van der Waals surface area (Å²) in [6.07, 6.45) is 6.67. The van der Waals surface area contributed by atoms with Gasteiger partial charge in [0.15, 0.2) is 0 Å². The Hall–Kier alpha value is -0.380. The first-order chi connectivity index (χ1) is 8.22. The number of rotatable bonds is 4. The van der Waals surface area contributed by atoms with Crippen molar-refractivity contribution in [2.45, 2.75) is 45.1 Å². The Kier molecular flexibility index (Phi) is 4.60. The predicted octanol–water partition coefficient (Wildman–Crippen LogP) is 3.84. The van der Waals surface area contributed by atoms with Crippen LogP contribution in [0.4, 0.5) is 0 Å². The van der Waals surface area contributed by atoms with Gasteiger partial charge in [-0.1, -0.05) is 53.7 Å². The lowest BCUT2D eigenvalue weighted by atomic mass is 9.92. The quantitative estimate of drug-likeness (QED) is 0.654. The molecule has 17 heavy (non-hydrogen) atoms. The summed E-state index contributed by atoms with van der Waals surface area (Å²) >= 11 is 3.59. The Morgan fingerprint density at radius 1 is 1.41 bits per heavy atom. The minimum absolute atomic E-state index is 0.288. The van der Waals surface area contributed by atoms with Crippen LogP contribution in [0.2, 0.25) is 0 Å². The highest BCUT2D eigenvalue weighted by molar-refractivity contribution is 9.10. The van der Waals surface area contributed by atoms with Gasteiger partial charge in [-0.2, -0.15) is 0 Å². The van der Waals surface area contributed by atoms with Crippen LogP contribution in [0.25, 0.3) is 0 Å². The zero-order valence-corrected chi connectivity index (χ0v) is 12.0. The Morgan fingerprint density at radius 3 is 2.76 bits per heavy atom. The fraction of sp³-hybridized carbons (Fsp3) is 0.571. The van der Waals surface area contributed by atoms with Crippen LogP contribution < -0.4 is 11.3 Å². The molecule has 1 aromatic carbocycles. The highest BCUT2D eigenvalue weighted by Crippen LogP contribution is 2.34. The third-order valence-corrected chi connectivity index (χ3v) is 4.79. The van der Waals surface area contributed by atoms with E-state index in [-0.39, 0.29) is 6.04 Å². The van der Waals surface area contributed by atoms with Gasteiger partial charge in [-0.15, -0.1) is 0 Å². The molecule has 0 aliphatic heterocycles. The summed E-state index contributed by atoms with van der Waals surface area (Å²) in [5, 5.41) is 0. The van der Waals surface area contributed by atoms with Crippen molar-refractivity contribution >= 4 is 15.9 Å². The molecule has 94 valence electrons. The van der Waals surface area contributed by atoms with E-state index in [4.69, 9.17) is 5.84 Å². The van der Waals surface area contributed by atoms with Gasteiger partial charge >= 0.3 is 0 Å². The van der Waals surface area contributed by atoms with Gasteiger partial charge in [-0.25, -0.2) is 0 Å². The van der Waals surface area contributed by atoms with E-state index in [2.05, 4.69) is 46.5 Å². The van der Waals surface area contributed by atoms with Crippen molar-refractivity contribution in [2.24, 2.45) is 11.8 Å². The molecular formula is C14H21BrN2. The van der Waals surface area contributed by atoms with Crippen LogP contribution in [0.15, 0.2) is 22.7 Å². The molecule has 0 radical (unpaired) electrons. The van der Waals surface area contributed by atoms with Crippen LogP contribution in [0.5, 0.6) is 0 Å². The van der Waals surface area contributed by atoms with Crippen LogP contribution in [0, 0.1) is 12.8 Å². The molecule has 0 amide bonds. The first-order valence-corrected chi connectivity index (χ1v) is 7.23. The van der Waals surface area contributed by atoms with Crippen molar-refractivity contribution in [1.29, 1.82) is 0 Å². The maximum Gasteiger partial charge on any atom is 0.0465 e. The second-order valence-electron chi connectivity index (χ2n) is 5.06. The monoisotopic (exact) mass is 296 g/mol. The normalized spacial score (nSPS) is 18.5. The number of nitrogens with two attached hydrogens (primary N) is 1. The SMILES string of the molecule is Cc1c(Br)cccc1C(CC1CCCC1)NN. The van der Waals surface area contributed by atoms with Gasteiger partial charge in [-0.3, -0.25) is 11.3 Å². The molecule has 0 aromatic heterocycles. The van der Waals surface area contributed by atoms with Gasteiger partial charge < -0.3 is 0 Å². The summed E-state index contributed by atoms with van der Waals surface area (Å²) in [7, 11) is 0. The van der Waals surface area contributed by atoms with E-state index in [0.29, 0.717) is 0 Å². The standard InChI is InChI=1S/C14H21BrN2/c1-10-12(7-4-8-13(10)15)14(17-16)9-11-5-2-3-6-11/h4,7-8,11,14,17H,2-3,5-6,9,16H2,1H3. The van der Waals surface area contributed by atoms with Crippen molar-refractivity contribution in [3.8, 4) is 0 Å². The van der Waals surface area contributed by atoms with Gasteiger partial charge in [-0.05, 0) is 36.5 Å². The van der Waals surface area contributed by atoms with E-state index >= 15 is 0 Å². The first-order valence-electron chi connectivity index (χ1n) is 6.43. The van der Waals surface area contributed by atoms with Gasteiger partial charge in [0.25, 0.3) is 0 Å². The average Bonchev–Trinajstić information content (AvgIpc) is 2.83. The van der Waals surface area contributed by atoms with E-state index in [9.17, 15) is 0 Å². The van der Waals surface area contributed by atoms with Crippen LogP contribution in [0.3, 0.4) is 0 Å². The molecule has 3 N–H and O–H groups in total. The van der Waals surface area contributed by atoms with Gasteiger partial charge in [0.2, 0.25) is 0 Å². The average molecular weight is 297 g/mol. The molecule has 0 bridgehead atoms. The van der Waals surface area contributed by atoms with Gasteiger partial charge in [0.05, 0.1) is 0 Å². The lowest BCUT2D eigenvalue weighted by molar-refractivity contribution is 0.399. The van der Waals surface area contributed by atoms with Gasteiger partial charge in [0.1, 0.15) is 0 Å². The fourth-order valence-corrected chi connectivity index (χ4v) is 3.25. The summed E-state index contributed by atoms with van der Waals surface area (Å²) in [4.78, 5) is 0. The van der Waals surface area contributed by atoms with E-state index < -0.39 is 0 Å². The summed E-state index contributed by atoms with van der Waals surface area (Å²) in [5.74, 6) is 6.58. The maximum atomic E-state index is 5.74. The molecule has 1 aliphatic rings. The summed E-state index contributed by atoms with van der Waals surface area (Å²) in [6, 6.07) is 6.64. The van der Waals surface area contributed by atoms with Crippen molar-refractivity contribution in [3.05, 3.63) is 33.8 Å². The minimum atomic E-state index is 0.288. The van der Waals surface area contributed by atoms with E-state index in [1.54, 1.807) is 0 Å². The molecule has 2 nitrogen and oxygen atoms in total. The highest BCUT2D eigenvalue weighted by atomic mass is 79.9. The molecular weight excluding hydrogens is 276 g/mol. The lowest BCUT2D eigenvalue weighted by Crippen LogP contribution is -2.30. The van der Waals surface area contributed by atoms with Crippen molar-refractivity contribution in [3.63, 3.8) is 0 Å². The van der Waals surface area contributed by atoms with Crippen molar-refractivity contribution < 1.29 is 0 Å². The molecule has 1 saturated carbocycles. The molecule has 2 rings (SSSR count). The summed E-state index contributed by atoms with van der Waals surface area (Å²) < 4.78 is 1.17. The molecule has 1 fully saturated rings. The number of hydrogen-bond donors (Lipinski definition) is 2. The molecule has 1 aromatic rings.